The molecular formula is C13H15NO2S. The number of rotatable bonds is 3. The highest BCUT2D eigenvalue weighted by Gasteiger charge is 2.29. The minimum absolute atomic E-state index is 0.000602. The third-order valence-corrected chi connectivity index (χ3v) is 3.57. The van der Waals surface area contributed by atoms with Gasteiger partial charge in [-0.25, -0.2) is 0 Å². The number of carbonyl (C=O) groups is 2. The first-order valence-electron chi connectivity index (χ1n) is 5.65. The zero-order valence-corrected chi connectivity index (χ0v) is 10.8. The molecular weight excluding hydrogens is 234 g/mol. The van der Waals surface area contributed by atoms with E-state index in [-0.39, 0.29) is 24.7 Å². The molecule has 0 N–H and O–H groups in total. The molecule has 0 atom stereocenters. The van der Waals surface area contributed by atoms with E-state index in [1.807, 2.05) is 24.3 Å². The van der Waals surface area contributed by atoms with Gasteiger partial charge in [0, 0.05) is 10.1 Å². The quantitative estimate of drug-likeness (QED) is 0.610. The molecule has 0 aliphatic carbocycles. The highest BCUT2D eigenvalue weighted by atomic mass is 32.2. The van der Waals surface area contributed by atoms with Crippen LogP contribution in [0.2, 0.25) is 0 Å². The molecule has 1 amide bonds. The van der Waals surface area contributed by atoms with Crippen molar-refractivity contribution < 1.29 is 9.59 Å². The lowest BCUT2D eigenvalue weighted by molar-refractivity contribution is -0.121. The van der Waals surface area contributed by atoms with Gasteiger partial charge in [-0.2, -0.15) is 0 Å². The van der Waals surface area contributed by atoms with E-state index in [1.165, 1.54) is 0 Å². The average Bonchev–Trinajstić information content (AvgIpc) is 2.58. The molecule has 1 aromatic carbocycles. The average molecular weight is 249 g/mol. The summed E-state index contributed by atoms with van der Waals surface area (Å²) in [6, 6.07) is 7.75. The van der Waals surface area contributed by atoms with Gasteiger partial charge >= 0.3 is 0 Å². The zero-order chi connectivity index (χ0) is 12.4. The summed E-state index contributed by atoms with van der Waals surface area (Å²) >= 11 is 1.71. The minimum Gasteiger partial charge on any atom is -0.303 e. The highest BCUT2D eigenvalue weighted by molar-refractivity contribution is 8.00. The van der Waals surface area contributed by atoms with Crippen LogP contribution in [0.15, 0.2) is 29.2 Å². The summed E-state index contributed by atoms with van der Waals surface area (Å²) in [7, 11) is 0. The summed E-state index contributed by atoms with van der Waals surface area (Å²) in [5, 5.41) is 0.449. The van der Waals surface area contributed by atoms with Crippen molar-refractivity contribution in [2.75, 3.05) is 11.4 Å². The first kappa shape index (κ1) is 12.2. The molecule has 90 valence electrons. The maximum Gasteiger partial charge on any atom is 0.234 e. The van der Waals surface area contributed by atoms with Crippen LogP contribution >= 0.6 is 11.8 Å². The van der Waals surface area contributed by atoms with Gasteiger partial charge < -0.3 is 4.90 Å². The number of para-hydroxylation sites is 1. The SMILES string of the molecule is CC(C)Sc1ccccc1N1CC(=O)CC1=O. The number of hydrogen-bond acceptors (Lipinski definition) is 3. The lowest BCUT2D eigenvalue weighted by Gasteiger charge is -2.19. The highest BCUT2D eigenvalue weighted by Crippen LogP contribution is 2.34. The van der Waals surface area contributed by atoms with Crippen LogP contribution in [0.5, 0.6) is 0 Å². The Morgan fingerprint density at radius 3 is 2.53 bits per heavy atom. The number of ketones is 1. The number of nitrogens with zero attached hydrogens (tertiary/aromatic N) is 1. The third kappa shape index (κ3) is 2.69. The Labute approximate surface area is 105 Å². The third-order valence-electron chi connectivity index (χ3n) is 2.50. The van der Waals surface area contributed by atoms with Crippen LogP contribution in [0.3, 0.4) is 0 Å². The van der Waals surface area contributed by atoms with Gasteiger partial charge in [0.25, 0.3) is 0 Å². The fourth-order valence-electron chi connectivity index (χ4n) is 1.84. The molecule has 2 rings (SSSR count). The molecule has 4 heteroatoms. The van der Waals surface area contributed by atoms with Gasteiger partial charge in [0.15, 0.2) is 5.78 Å². The van der Waals surface area contributed by atoms with Gasteiger partial charge in [-0.1, -0.05) is 26.0 Å². The number of amides is 1. The maximum absolute atomic E-state index is 11.7. The Kier molecular flexibility index (Phi) is 3.52. The number of hydrogen-bond donors (Lipinski definition) is 0. The van der Waals surface area contributed by atoms with Crippen LogP contribution in [0, 0.1) is 0 Å². The Hall–Kier alpha value is -1.29. The topological polar surface area (TPSA) is 37.4 Å². The largest absolute Gasteiger partial charge is 0.303 e. The summed E-state index contributed by atoms with van der Waals surface area (Å²) in [6.07, 6.45) is 0.0423. The summed E-state index contributed by atoms with van der Waals surface area (Å²) in [5.74, 6) is -0.0915. The molecule has 0 bridgehead atoms. The van der Waals surface area contributed by atoms with Crippen molar-refractivity contribution in [1.29, 1.82) is 0 Å². The van der Waals surface area contributed by atoms with E-state index < -0.39 is 0 Å². The fraction of sp³-hybridized carbons (Fsp3) is 0.385. The van der Waals surface area contributed by atoms with Crippen LogP contribution in [0.4, 0.5) is 5.69 Å². The molecule has 0 aromatic heterocycles. The summed E-state index contributed by atoms with van der Waals surface area (Å²) in [4.78, 5) is 25.7. The van der Waals surface area contributed by atoms with Crippen molar-refractivity contribution in [3.05, 3.63) is 24.3 Å². The lowest BCUT2D eigenvalue weighted by atomic mass is 10.3. The second kappa shape index (κ2) is 4.92. The predicted molar refractivity (Wildman–Crippen MR) is 69.4 cm³/mol. The fourth-order valence-corrected chi connectivity index (χ4v) is 2.80. The zero-order valence-electron chi connectivity index (χ0n) is 9.97. The van der Waals surface area contributed by atoms with Crippen LogP contribution < -0.4 is 4.90 Å². The van der Waals surface area contributed by atoms with Gasteiger partial charge in [-0.15, -0.1) is 11.8 Å². The molecule has 0 radical (unpaired) electrons. The number of carbonyl (C=O) groups excluding carboxylic acids is 2. The summed E-state index contributed by atoms with van der Waals surface area (Å²) in [5.41, 5.74) is 0.863. The molecule has 1 heterocycles. The first-order chi connectivity index (χ1) is 8.08. The molecule has 0 spiro atoms. The molecule has 1 fully saturated rings. The van der Waals surface area contributed by atoms with E-state index in [2.05, 4.69) is 13.8 Å². The molecule has 17 heavy (non-hydrogen) atoms. The van der Waals surface area contributed by atoms with Crippen molar-refractivity contribution in [3.63, 3.8) is 0 Å². The Bertz CT molecular complexity index is 456. The second-order valence-corrected chi connectivity index (χ2v) is 5.95. The molecule has 1 saturated heterocycles. The minimum atomic E-state index is -0.0909. The lowest BCUT2D eigenvalue weighted by Crippen LogP contribution is -2.25. The molecule has 1 aliphatic heterocycles. The molecule has 3 nitrogen and oxygen atoms in total. The van der Waals surface area contributed by atoms with Gasteiger partial charge in [0.1, 0.15) is 0 Å². The number of benzene rings is 1. The molecule has 1 aliphatic rings. The van der Waals surface area contributed by atoms with Crippen LogP contribution in [0.25, 0.3) is 0 Å². The van der Waals surface area contributed by atoms with E-state index >= 15 is 0 Å². The Morgan fingerprint density at radius 1 is 1.24 bits per heavy atom. The van der Waals surface area contributed by atoms with Crippen LogP contribution in [-0.4, -0.2) is 23.5 Å². The van der Waals surface area contributed by atoms with E-state index in [0.29, 0.717) is 5.25 Å². The van der Waals surface area contributed by atoms with Crippen molar-refractivity contribution in [3.8, 4) is 0 Å². The standard InChI is InChI=1S/C13H15NO2S/c1-9(2)17-12-6-4-3-5-11(12)14-8-10(15)7-13(14)16/h3-6,9H,7-8H2,1-2H3. The van der Waals surface area contributed by atoms with Crippen LogP contribution in [0.1, 0.15) is 20.3 Å². The monoisotopic (exact) mass is 249 g/mol. The van der Waals surface area contributed by atoms with E-state index in [4.69, 9.17) is 0 Å². The molecule has 0 saturated carbocycles. The van der Waals surface area contributed by atoms with E-state index in [9.17, 15) is 9.59 Å². The van der Waals surface area contributed by atoms with Crippen molar-refractivity contribution in [2.24, 2.45) is 0 Å². The normalized spacial score (nSPS) is 16.1. The maximum atomic E-state index is 11.7. The van der Waals surface area contributed by atoms with Crippen molar-refractivity contribution in [1.82, 2.24) is 0 Å². The smallest absolute Gasteiger partial charge is 0.234 e. The van der Waals surface area contributed by atoms with Gasteiger partial charge in [0.05, 0.1) is 18.7 Å². The van der Waals surface area contributed by atoms with Gasteiger partial charge in [-0.3, -0.25) is 9.59 Å². The Morgan fingerprint density at radius 2 is 1.94 bits per heavy atom. The van der Waals surface area contributed by atoms with Gasteiger partial charge in [-0.05, 0) is 12.1 Å². The number of Topliss-reactive ketones (excluding diaryl/α,β-unsaturated/α-hetero) is 1. The predicted octanol–water partition coefficient (Wildman–Crippen LogP) is 2.49. The van der Waals surface area contributed by atoms with Crippen molar-refractivity contribution in [2.45, 2.75) is 30.4 Å². The molecule has 1 aromatic rings. The van der Waals surface area contributed by atoms with Crippen LogP contribution in [-0.2, 0) is 9.59 Å². The summed E-state index contributed by atoms with van der Waals surface area (Å²) in [6.45, 7) is 4.44. The number of anilines is 1. The number of thioether (sulfide) groups is 1. The van der Waals surface area contributed by atoms with Crippen molar-refractivity contribution >= 4 is 29.1 Å². The van der Waals surface area contributed by atoms with Gasteiger partial charge in [0.2, 0.25) is 5.91 Å². The Balaban J connectivity index is 2.31. The van der Waals surface area contributed by atoms with E-state index in [0.717, 1.165) is 10.6 Å². The second-order valence-electron chi connectivity index (χ2n) is 4.33. The molecule has 0 unspecified atom stereocenters. The first-order valence-corrected chi connectivity index (χ1v) is 6.53. The van der Waals surface area contributed by atoms with E-state index in [1.54, 1.807) is 16.7 Å². The summed E-state index contributed by atoms with van der Waals surface area (Å²) < 4.78 is 0.